The van der Waals surface area contributed by atoms with Crippen LogP contribution in [0.2, 0.25) is 0 Å². The van der Waals surface area contributed by atoms with Crippen LogP contribution in [0.3, 0.4) is 0 Å². The number of aliphatic hydroxyl groups excluding tert-OH is 3. The lowest BCUT2D eigenvalue weighted by Crippen LogP contribution is -2.71. The first-order valence-corrected chi connectivity index (χ1v) is 8.21. The number of aliphatic hydroxyl groups is 4. The molecule has 0 spiro atoms. The van der Waals surface area contributed by atoms with Gasteiger partial charge in [0, 0.05) is 23.4 Å². The Morgan fingerprint density at radius 3 is 2.69 bits per heavy atom. The minimum atomic E-state index is -2.60. The molecule has 0 aromatic carbocycles. The average Bonchev–Trinajstić information content (AvgIpc) is 2.86. The number of carbonyl (C=O) groups excluding carboxylic acids is 1. The zero-order chi connectivity index (χ0) is 19.2. The molecule has 3 rings (SSSR count). The van der Waals surface area contributed by atoms with Gasteiger partial charge in [-0.25, -0.2) is 4.84 Å². The minimum Gasteiger partial charge on any atom is -0.845 e. The molecule has 0 bridgehead atoms. The summed E-state index contributed by atoms with van der Waals surface area (Å²) < 4.78 is 6.18. The maximum absolute atomic E-state index is 11.7. The van der Waals surface area contributed by atoms with Crippen molar-refractivity contribution in [2.24, 2.45) is 0 Å². The highest BCUT2D eigenvalue weighted by Gasteiger charge is 2.57. The molecule has 2 aliphatic rings. The Labute approximate surface area is 149 Å². The Kier molecular flexibility index (Phi) is 4.90. The molecule has 2 aliphatic heterocycles. The van der Waals surface area contributed by atoms with E-state index in [1.54, 1.807) is 12.1 Å². The first-order valence-electron chi connectivity index (χ1n) is 8.21. The summed E-state index contributed by atoms with van der Waals surface area (Å²) in [7, 11) is 1.53. The van der Waals surface area contributed by atoms with Crippen LogP contribution in [-0.2, 0) is 9.53 Å². The first-order chi connectivity index (χ1) is 12.1. The summed E-state index contributed by atoms with van der Waals surface area (Å²) in [4.78, 5) is 18.3. The molecule has 1 unspecified atom stereocenters. The van der Waals surface area contributed by atoms with E-state index in [0.717, 1.165) is 4.73 Å². The Hall–Kier alpha value is -1.82. The Morgan fingerprint density at radius 1 is 1.38 bits per heavy atom. The van der Waals surface area contributed by atoms with E-state index < -0.39 is 48.4 Å². The smallest absolute Gasteiger partial charge is 0.418 e. The lowest BCUT2D eigenvalue weighted by molar-refractivity contribution is -0.932. The van der Waals surface area contributed by atoms with Crippen molar-refractivity contribution in [2.75, 3.05) is 7.05 Å². The van der Waals surface area contributed by atoms with Gasteiger partial charge in [0.25, 0.3) is 0 Å². The van der Waals surface area contributed by atoms with Crippen LogP contribution in [0.25, 0.3) is 0 Å². The summed E-state index contributed by atoms with van der Waals surface area (Å²) in [5, 5.41) is 51.7. The van der Waals surface area contributed by atoms with Crippen molar-refractivity contribution >= 4 is 5.91 Å². The molecule has 2 fully saturated rings. The van der Waals surface area contributed by atoms with Crippen molar-refractivity contribution in [3.63, 3.8) is 0 Å². The van der Waals surface area contributed by atoms with E-state index >= 15 is 0 Å². The molecule has 2 saturated heterocycles. The molecule has 144 valence electrons. The van der Waals surface area contributed by atoms with E-state index in [4.69, 9.17) is 9.57 Å². The molecule has 0 radical (unpaired) electrons. The maximum atomic E-state index is 11.7. The predicted octanol–water partition coefficient (Wildman–Crippen LogP) is -3.82. The predicted molar refractivity (Wildman–Crippen MR) is 80.7 cm³/mol. The third kappa shape index (κ3) is 3.15. The second kappa shape index (κ2) is 6.72. The van der Waals surface area contributed by atoms with E-state index in [9.17, 15) is 30.3 Å². The van der Waals surface area contributed by atoms with Crippen molar-refractivity contribution in [3.8, 4) is 0 Å². The van der Waals surface area contributed by atoms with Crippen molar-refractivity contribution in [1.29, 1.82) is 0 Å². The lowest BCUT2D eigenvalue weighted by atomic mass is 9.98. The van der Waals surface area contributed by atoms with Crippen molar-refractivity contribution in [2.45, 2.75) is 55.9 Å². The first kappa shape index (κ1) is 19.0. The van der Waals surface area contributed by atoms with Gasteiger partial charge in [-0.15, -0.1) is 0 Å². The molecule has 0 aliphatic carbocycles. The fourth-order valence-corrected chi connectivity index (χ4v) is 3.24. The number of carbonyl (C=O) groups is 1. The lowest BCUT2D eigenvalue weighted by Gasteiger charge is -2.40. The fraction of sp³-hybridized carbons (Fsp3) is 0.625. The quantitative estimate of drug-likeness (QED) is 0.313. The van der Waals surface area contributed by atoms with Crippen LogP contribution in [0, 0.1) is 0 Å². The zero-order valence-corrected chi connectivity index (χ0v) is 14.3. The number of amides is 1. The largest absolute Gasteiger partial charge is 0.845 e. The maximum Gasteiger partial charge on any atom is 0.418 e. The van der Waals surface area contributed by atoms with Crippen LogP contribution >= 0.6 is 0 Å². The number of hydrogen-bond donors (Lipinski definition) is 4. The highest BCUT2D eigenvalue weighted by molar-refractivity contribution is 5.82. The summed E-state index contributed by atoms with van der Waals surface area (Å²) in [5.74, 6) is -3.10. The average molecular weight is 370 g/mol. The van der Waals surface area contributed by atoms with Crippen LogP contribution in [0.5, 0.6) is 0 Å². The van der Waals surface area contributed by atoms with Crippen LogP contribution in [-0.4, -0.2) is 74.8 Å². The molecule has 10 heteroatoms. The number of hydrogen-bond acceptors (Lipinski definition) is 8. The molecule has 1 amide bonds. The Bertz CT molecular complexity index is 688. The van der Waals surface area contributed by atoms with Gasteiger partial charge < -0.3 is 35.2 Å². The second-order valence-corrected chi connectivity index (χ2v) is 6.66. The number of aromatic nitrogens is 1. The van der Waals surface area contributed by atoms with E-state index in [0.29, 0.717) is 5.56 Å². The summed E-state index contributed by atoms with van der Waals surface area (Å²) in [6.07, 6.45) is -4.37. The van der Waals surface area contributed by atoms with Gasteiger partial charge in [-0.2, -0.15) is 0 Å². The van der Waals surface area contributed by atoms with Crippen LogP contribution in [0.1, 0.15) is 24.9 Å². The SMILES string of the molecule is C[C@H]1OC(O)(O[n+]2cccc([C@@H]3C[C@@H]([O-])C(=O)N3C)c2)[C@H](O)[C@@H](O)[C@@H]1O. The summed E-state index contributed by atoms with van der Waals surface area (Å²) >= 11 is 0. The zero-order valence-electron chi connectivity index (χ0n) is 14.3. The van der Waals surface area contributed by atoms with E-state index in [1.165, 1.54) is 31.3 Å². The molecule has 0 saturated carbocycles. The van der Waals surface area contributed by atoms with Gasteiger partial charge in [0.15, 0.2) is 6.10 Å². The molecule has 7 atom stereocenters. The fourth-order valence-electron chi connectivity index (χ4n) is 3.24. The van der Waals surface area contributed by atoms with Gasteiger partial charge in [-0.1, -0.05) is 0 Å². The van der Waals surface area contributed by atoms with Gasteiger partial charge in [0.05, 0.1) is 12.1 Å². The molecule has 4 N–H and O–H groups in total. The van der Waals surface area contributed by atoms with Crippen LogP contribution in [0.15, 0.2) is 24.5 Å². The van der Waals surface area contributed by atoms with Crippen LogP contribution < -0.4 is 14.7 Å². The van der Waals surface area contributed by atoms with Gasteiger partial charge in [-0.3, -0.25) is 4.79 Å². The molecule has 1 aromatic heterocycles. The highest BCUT2D eigenvalue weighted by atomic mass is 16.9. The molecule has 1 aromatic rings. The van der Waals surface area contributed by atoms with Crippen molar-refractivity contribution in [1.82, 2.24) is 4.90 Å². The standard InChI is InChI=1S/C16H22N2O8/c1-8-12(20)13(21)14(22)16(24,25-8)26-18-5-3-4-9(7-18)10-6-11(19)15(23)17(10)2/h3-5,7-8,10-14,20-22,24H,6H2,1-2H3/t8-,10+,11-,12-,13+,14-,16?/m1/s1. The van der Waals surface area contributed by atoms with Crippen molar-refractivity contribution in [3.05, 3.63) is 30.1 Å². The summed E-state index contributed by atoms with van der Waals surface area (Å²) in [5.41, 5.74) is 0.587. The van der Waals surface area contributed by atoms with Crippen molar-refractivity contribution < 1.29 is 44.6 Å². The van der Waals surface area contributed by atoms with Gasteiger partial charge in [0.1, 0.15) is 12.2 Å². The van der Waals surface area contributed by atoms with E-state index in [1.807, 2.05) is 0 Å². The number of ether oxygens (including phenoxy) is 1. The van der Waals surface area contributed by atoms with Crippen LogP contribution in [0.4, 0.5) is 0 Å². The topological polar surface area (TPSA) is 147 Å². The second-order valence-electron chi connectivity index (χ2n) is 6.66. The Morgan fingerprint density at radius 2 is 2.08 bits per heavy atom. The summed E-state index contributed by atoms with van der Waals surface area (Å²) in [6.45, 7) is 1.41. The van der Waals surface area contributed by atoms with E-state index in [-0.39, 0.29) is 6.42 Å². The third-order valence-electron chi connectivity index (χ3n) is 4.83. The molecule has 10 nitrogen and oxygen atoms in total. The minimum absolute atomic E-state index is 0.102. The van der Waals surface area contributed by atoms with Gasteiger partial charge in [0.2, 0.25) is 18.3 Å². The third-order valence-corrected chi connectivity index (χ3v) is 4.83. The number of pyridine rings is 1. The van der Waals surface area contributed by atoms with Gasteiger partial charge >= 0.3 is 5.97 Å². The van der Waals surface area contributed by atoms with Gasteiger partial charge in [-0.05, 0) is 25.5 Å². The molecule has 26 heavy (non-hydrogen) atoms. The molecular weight excluding hydrogens is 348 g/mol. The number of likely N-dealkylation sites (N-methyl/N-ethyl adjacent to an activating group) is 1. The van der Waals surface area contributed by atoms with E-state index in [2.05, 4.69) is 0 Å². The normalized spacial score (nSPS) is 40.7. The monoisotopic (exact) mass is 370 g/mol. The highest BCUT2D eigenvalue weighted by Crippen LogP contribution is 2.30. The number of likely N-dealkylation sites (tertiary alicyclic amines) is 1. The summed E-state index contributed by atoms with van der Waals surface area (Å²) in [6, 6.07) is 2.81. The molecular formula is C16H22N2O8. The Balaban J connectivity index is 1.82. The number of nitrogens with zero attached hydrogens (tertiary/aromatic N) is 2. The number of rotatable bonds is 3. The molecule has 3 heterocycles.